The molecule has 1 saturated heterocycles. The second kappa shape index (κ2) is 30.7. The van der Waals surface area contributed by atoms with Crippen molar-refractivity contribution in [3.05, 3.63) is 29.8 Å². The Hall–Kier alpha value is -2.65. The number of nitrogens with zero attached hydrogens (tertiary/aromatic N) is 1. The van der Waals surface area contributed by atoms with Crippen molar-refractivity contribution in [2.75, 3.05) is 54.5 Å². The minimum Gasteiger partial charge on any atom is -0.459 e. The van der Waals surface area contributed by atoms with Crippen LogP contribution in [-0.4, -0.2) is 155 Å². The standard InChI is InChI=1S/C24H46O8.C21H33FN2O6S.C2H6/c1-11-14(3)20(25)16(5)22(26)24(8,28)19(12-2)32-23(27)17(6)21(15(4)13-29-9)31-18(7)30-10;1-14-11-16(12-20(26)30-14)24(2)10-9-19(25)23-18(13-22)21(29-3)15-5-7-17(8-6-15)31(4,27)28;1-2/h14-19,21-22,26,28H,11-13H2,1-10H3;5-8,14,16,18,20-21,26H,9-13H2,1-4H3,(H,23,25);1-2H3/t14-,15-,16+,17-,18+,19-,21+,22-,24-;14-,16+,18-,20?,21-;/m11./s1. The van der Waals surface area contributed by atoms with Gasteiger partial charge < -0.3 is 54.0 Å². The molecule has 4 N–H and O–H groups in total. The summed E-state index contributed by atoms with van der Waals surface area (Å²) in [5, 5.41) is 34.4. The van der Waals surface area contributed by atoms with Crippen LogP contribution in [0.1, 0.15) is 120 Å². The lowest BCUT2D eigenvalue weighted by atomic mass is 9.79. The predicted octanol–water partition coefficient (Wildman–Crippen LogP) is 5.43. The number of hydrogen-bond acceptors (Lipinski definition) is 15. The maximum atomic E-state index is 13.7. The van der Waals surface area contributed by atoms with E-state index in [1.54, 1.807) is 53.9 Å². The summed E-state index contributed by atoms with van der Waals surface area (Å²) < 4.78 is 69.7. The number of Topliss-reactive ketones (excluding diaryl/α,β-unsaturated/α-hetero) is 1. The Bertz CT molecular complexity index is 1610. The van der Waals surface area contributed by atoms with Crippen LogP contribution in [0.3, 0.4) is 0 Å². The van der Waals surface area contributed by atoms with Crippen LogP contribution in [0.4, 0.5) is 4.39 Å². The Morgan fingerprint density at radius 1 is 0.985 bits per heavy atom. The van der Waals surface area contributed by atoms with Crippen molar-refractivity contribution in [3.8, 4) is 0 Å². The van der Waals surface area contributed by atoms with Gasteiger partial charge in [0.2, 0.25) is 5.91 Å². The fraction of sp³-hybridized carbons (Fsp3) is 0.809. The van der Waals surface area contributed by atoms with Crippen molar-refractivity contribution in [3.63, 3.8) is 0 Å². The van der Waals surface area contributed by atoms with Crippen molar-refractivity contribution in [2.45, 2.75) is 174 Å². The third-order valence-corrected chi connectivity index (χ3v) is 13.1. The van der Waals surface area contributed by atoms with Gasteiger partial charge in [-0.15, -0.1) is 0 Å². The Labute approximate surface area is 389 Å². The highest BCUT2D eigenvalue weighted by Gasteiger charge is 2.46. The lowest BCUT2D eigenvalue weighted by Crippen LogP contribution is -2.56. The van der Waals surface area contributed by atoms with Gasteiger partial charge in [0.1, 0.15) is 30.3 Å². The number of carbonyl (C=O) groups excluding carboxylic acids is 3. The Morgan fingerprint density at radius 3 is 2.03 bits per heavy atom. The number of aliphatic hydroxyl groups is 3. The molecule has 1 fully saturated rings. The number of sulfone groups is 1. The molecule has 1 aliphatic heterocycles. The van der Waals surface area contributed by atoms with Gasteiger partial charge in [0, 0.05) is 70.8 Å². The molecular formula is C47H85FN2O14S. The molecule has 16 nitrogen and oxygen atoms in total. The molecule has 1 aliphatic rings. The molecular weight excluding hydrogens is 868 g/mol. The van der Waals surface area contributed by atoms with Crippen molar-refractivity contribution >= 4 is 27.5 Å². The third kappa shape index (κ3) is 20.2. The SMILES string of the molecule is CC.CC[C@@H](C)C(=O)[C@H](C)[C@@H](O)[C@](C)(O)[C@@H](CC)OC(=O)[C@H](C)[C@@H](O[C@@H](C)OC)[C@H](C)COC.CO[C@H](c1ccc(S(C)(=O)=O)cc1)[C@@H](CF)NC(=O)CCN(C)[C@@H]1CC(O)O[C@H](C)C1. The molecule has 1 aromatic carbocycles. The van der Waals surface area contributed by atoms with E-state index < -0.39 is 83.0 Å². The van der Waals surface area contributed by atoms with E-state index in [-0.39, 0.29) is 53.4 Å². The van der Waals surface area contributed by atoms with E-state index in [2.05, 4.69) is 5.32 Å². The molecule has 0 saturated carbocycles. The number of esters is 1. The first-order valence-corrected chi connectivity index (χ1v) is 24.8. The number of alkyl halides is 1. The molecule has 0 bridgehead atoms. The molecule has 0 radical (unpaired) electrons. The second-order valence-electron chi connectivity index (χ2n) is 17.2. The highest BCUT2D eigenvalue weighted by atomic mass is 32.2. The van der Waals surface area contributed by atoms with Crippen molar-refractivity contribution in [2.24, 2.45) is 23.7 Å². The van der Waals surface area contributed by atoms with E-state index in [0.29, 0.717) is 31.6 Å². The van der Waals surface area contributed by atoms with E-state index in [9.17, 15) is 42.5 Å². The number of amides is 1. The monoisotopic (exact) mass is 953 g/mol. The molecule has 1 unspecified atom stereocenters. The minimum atomic E-state index is -3.34. The van der Waals surface area contributed by atoms with E-state index in [0.717, 1.165) is 12.7 Å². The number of methoxy groups -OCH3 is 3. The van der Waals surface area contributed by atoms with Crippen molar-refractivity contribution in [1.82, 2.24) is 10.2 Å². The number of aliphatic hydroxyl groups excluding tert-OH is 2. The van der Waals surface area contributed by atoms with Crippen molar-refractivity contribution in [1.29, 1.82) is 0 Å². The number of ether oxygens (including phenoxy) is 6. The maximum Gasteiger partial charge on any atom is 0.311 e. The average Bonchev–Trinajstić information content (AvgIpc) is 3.27. The summed E-state index contributed by atoms with van der Waals surface area (Å²) in [5.41, 5.74) is -1.23. The molecule has 1 heterocycles. The highest BCUT2D eigenvalue weighted by Crippen LogP contribution is 2.30. The normalized spacial score (nSPS) is 22.1. The first kappa shape index (κ1) is 62.4. The van der Waals surface area contributed by atoms with Gasteiger partial charge in [0.05, 0.1) is 41.8 Å². The van der Waals surface area contributed by atoms with Crippen LogP contribution in [0.15, 0.2) is 29.2 Å². The Kier molecular flexibility index (Phi) is 29.4. The minimum absolute atomic E-state index is 0.0579. The number of halogens is 1. The van der Waals surface area contributed by atoms with E-state index in [1.165, 1.54) is 33.3 Å². The van der Waals surface area contributed by atoms with Gasteiger partial charge in [-0.1, -0.05) is 60.6 Å². The fourth-order valence-corrected chi connectivity index (χ4v) is 8.33. The molecule has 2 rings (SSSR count). The van der Waals surface area contributed by atoms with Gasteiger partial charge in [-0.05, 0) is 71.7 Å². The lowest BCUT2D eigenvalue weighted by Gasteiger charge is -2.39. The summed E-state index contributed by atoms with van der Waals surface area (Å²) in [4.78, 5) is 40.2. The van der Waals surface area contributed by atoms with Gasteiger partial charge >= 0.3 is 5.97 Å². The van der Waals surface area contributed by atoms with Crippen LogP contribution in [0.5, 0.6) is 0 Å². The summed E-state index contributed by atoms with van der Waals surface area (Å²) in [5.74, 6) is -2.86. The molecule has 14 atom stereocenters. The quantitative estimate of drug-likeness (QED) is 0.0673. The summed E-state index contributed by atoms with van der Waals surface area (Å²) in [7, 11) is 3.04. The molecule has 0 spiro atoms. The van der Waals surface area contributed by atoms with Crippen LogP contribution in [0, 0.1) is 23.7 Å². The zero-order chi connectivity index (χ0) is 50.4. The number of ketones is 1. The summed E-state index contributed by atoms with van der Waals surface area (Å²) >= 11 is 0. The zero-order valence-corrected chi connectivity index (χ0v) is 42.9. The number of hydrogen-bond donors (Lipinski definition) is 4. The second-order valence-corrected chi connectivity index (χ2v) is 19.2. The number of nitrogens with one attached hydrogen (secondary N) is 1. The summed E-state index contributed by atoms with van der Waals surface area (Å²) in [6, 6.07) is 5.19. The van der Waals surface area contributed by atoms with E-state index in [4.69, 9.17) is 28.4 Å². The van der Waals surface area contributed by atoms with E-state index in [1.807, 2.05) is 46.6 Å². The zero-order valence-electron chi connectivity index (χ0n) is 42.0. The van der Waals surface area contributed by atoms with Gasteiger partial charge in [0.15, 0.2) is 22.4 Å². The molecule has 18 heteroatoms. The van der Waals surface area contributed by atoms with Crippen LogP contribution in [-0.2, 0) is 52.6 Å². The third-order valence-electron chi connectivity index (χ3n) is 12.0. The van der Waals surface area contributed by atoms with Crippen LogP contribution in [0.25, 0.3) is 0 Å². The smallest absolute Gasteiger partial charge is 0.311 e. The molecule has 1 aromatic rings. The summed E-state index contributed by atoms with van der Waals surface area (Å²) in [6.07, 6.45) is -1.67. The maximum absolute atomic E-state index is 13.7. The van der Waals surface area contributed by atoms with E-state index >= 15 is 0 Å². The Balaban J connectivity index is 0.00000121. The molecule has 380 valence electrons. The van der Waals surface area contributed by atoms with Gasteiger partial charge in [0.25, 0.3) is 0 Å². The topological polar surface area (TPSA) is 217 Å². The number of benzene rings is 1. The summed E-state index contributed by atoms with van der Waals surface area (Å²) in [6.45, 7) is 19.6. The molecule has 0 aromatic heterocycles. The number of carbonyl (C=O) groups is 3. The largest absolute Gasteiger partial charge is 0.459 e. The van der Waals surface area contributed by atoms with Gasteiger partial charge in [-0.2, -0.15) is 0 Å². The van der Waals surface area contributed by atoms with Gasteiger partial charge in [-0.3, -0.25) is 14.4 Å². The molecule has 65 heavy (non-hydrogen) atoms. The first-order chi connectivity index (χ1) is 30.3. The van der Waals surface area contributed by atoms with Crippen LogP contribution < -0.4 is 5.32 Å². The van der Waals surface area contributed by atoms with Crippen molar-refractivity contribution < 1.29 is 70.9 Å². The highest BCUT2D eigenvalue weighted by molar-refractivity contribution is 7.90. The van der Waals surface area contributed by atoms with Crippen LogP contribution in [0.2, 0.25) is 0 Å². The van der Waals surface area contributed by atoms with Crippen LogP contribution >= 0.6 is 0 Å². The molecule has 0 aliphatic carbocycles. The average molecular weight is 953 g/mol. The molecule has 1 amide bonds. The fourth-order valence-electron chi connectivity index (χ4n) is 7.70. The number of rotatable bonds is 26. The van der Waals surface area contributed by atoms with Gasteiger partial charge in [-0.25, -0.2) is 12.8 Å². The first-order valence-electron chi connectivity index (χ1n) is 22.9. The predicted molar refractivity (Wildman–Crippen MR) is 247 cm³/mol. The Morgan fingerprint density at radius 2 is 1.57 bits per heavy atom. The lowest BCUT2D eigenvalue weighted by molar-refractivity contribution is -0.204.